The molecule has 1 aromatic rings. The van der Waals surface area contributed by atoms with Crippen molar-refractivity contribution in [3.05, 3.63) is 16.1 Å². The zero-order valence-corrected chi connectivity index (χ0v) is 12.8. The number of carbonyl (C=O) groups is 1. The molecule has 7 heteroatoms. The zero-order valence-electron chi connectivity index (χ0n) is 10.4. The maximum absolute atomic E-state index is 11.8. The highest BCUT2D eigenvalue weighted by atomic mass is 35.5. The third kappa shape index (κ3) is 5.68. The van der Waals surface area contributed by atoms with Crippen LogP contribution in [0.3, 0.4) is 0 Å². The first-order chi connectivity index (χ1) is 6.80. The Morgan fingerprint density at radius 1 is 1.53 bits per heavy atom. The van der Waals surface area contributed by atoms with E-state index in [9.17, 15) is 4.79 Å². The molecule has 1 rings (SSSR count). The number of halogens is 2. The van der Waals surface area contributed by atoms with Crippen molar-refractivity contribution in [1.82, 2.24) is 9.88 Å². The van der Waals surface area contributed by atoms with Crippen LogP contribution in [0.4, 0.5) is 0 Å². The molecular weight excluding hydrogens is 281 g/mol. The molecule has 0 fully saturated rings. The normalized spacial score (nSPS) is 10.2. The Morgan fingerprint density at radius 2 is 2.06 bits per heavy atom. The number of nitrogens with zero attached hydrogens (tertiary/aromatic N) is 2. The van der Waals surface area contributed by atoms with Gasteiger partial charge in [-0.15, -0.1) is 36.2 Å². The van der Waals surface area contributed by atoms with Crippen LogP contribution < -0.4 is 5.73 Å². The van der Waals surface area contributed by atoms with Crippen LogP contribution in [0.5, 0.6) is 0 Å². The summed E-state index contributed by atoms with van der Waals surface area (Å²) in [7, 11) is 1.74. The highest BCUT2D eigenvalue weighted by molar-refractivity contribution is 7.09. The summed E-state index contributed by atoms with van der Waals surface area (Å²) >= 11 is 1.59. The molecular formula is C10H19Cl2N3OS. The maximum atomic E-state index is 11.8. The summed E-state index contributed by atoms with van der Waals surface area (Å²) in [5.74, 6) is -0.0758. The van der Waals surface area contributed by atoms with E-state index in [2.05, 4.69) is 4.98 Å². The van der Waals surface area contributed by atoms with Gasteiger partial charge < -0.3 is 10.6 Å². The predicted molar refractivity (Wildman–Crippen MR) is 76.1 cm³/mol. The molecule has 1 heterocycles. The van der Waals surface area contributed by atoms with Crippen LogP contribution in [0.15, 0.2) is 5.38 Å². The number of hydrogen-bond donors (Lipinski definition) is 1. The molecule has 0 aliphatic heterocycles. The van der Waals surface area contributed by atoms with Crippen molar-refractivity contribution in [3.8, 4) is 0 Å². The monoisotopic (exact) mass is 299 g/mol. The Labute approximate surface area is 118 Å². The second-order valence-electron chi connectivity index (χ2n) is 4.24. The summed E-state index contributed by atoms with van der Waals surface area (Å²) in [6.45, 7) is 5.88. The smallest absolute Gasteiger partial charge is 0.242 e. The van der Waals surface area contributed by atoms with Gasteiger partial charge in [-0.25, -0.2) is 4.98 Å². The van der Waals surface area contributed by atoms with Crippen molar-refractivity contribution < 1.29 is 4.79 Å². The minimum absolute atomic E-state index is 0. The average Bonchev–Trinajstić information content (AvgIpc) is 2.48. The van der Waals surface area contributed by atoms with Gasteiger partial charge in [0.1, 0.15) is 0 Å². The molecule has 0 unspecified atom stereocenters. The van der Waals surface area contributed by atoms with Gasteiger partial charge in [0, 0.05) is 12.4 Å². The second-order valence-corrected chi connectivity index (χ2v) is 5.30. The van der Waals surface area contributed by atoms with Gasteiger partial charge in [0.25, 0.3) is 0 Å². The van der Waals surface area contributed by atoms with Crippen LogP contribution in [0.2, 0.25) is 0 Å². The second kappa shape index (κ2) is 7.16. The first kappa shape index (κ1) is 19.0. The molecule has 1 amide bonds. The number of amides is 1. The minimum Gasteiger partial charge on any atom is -0.338 e. The molecule has 100 valence electrons. The number of hydrogen-bond acceptors (Lipinski definition) is 4. The average molecular weight is 300 g/mol. The van der Waals surface area contributed by atoms with Crippen molar-refractivity contribution in [2.45, 2.75) is 32.9 Å². The Hall–Kier alpha value is -0.360. The third-order valence-corrected chi connectivity index (χ3v) is 2.79. The van der Waals surface area contributed by atoms with Crippen molar-refractivity contribution in [3.63, 3.8) is 0 Å². The maximum Gasteiger partial charge on any atom is 0.242 e. The number of carbonyl (C=O) groups excluding carboxylic acids is 1. The van der Waals surface area contributed by atoms with Crippen molar-refractivity contribution in [2.75, 3.05) is 7.05 Å². The van der Waals surface area contributed by atoms with Gasteiger partial charge in [-0.1, -0.05) is 0 Å². The van der Waals surface area contributed by atoms with E-state index < -0.39 is 5.54 Å². The molecule has 0 atom stereocenters. The molecule has 0 aliphatic rings. The Morgan fingerprint density at radius 3 is 2.41 bits per heavy atom. The highest BCUT2D eigenvalue weighted by Crippen LogP contribution is 2.11. The molecule has 0 aromatic carbocycles. The Bertz CT molecular complexity index is 363. The Balaban J connectivity index is 0. The summed E-state index contributed by atoms with van der Waals surface area (Å²) in [5, 5.41) is 2.97. The SMILES string of the molecule is Cc1nc(CN(C)C(=O)C(C)(C)N)cs1.Cl.Cl. The lowest BCUT2D eigenvalue weighted by atomic mass is 10.1. The van der Waals surface area contributed by atoms with Gasteiger partial charge >= 0.3 is 0 Å². The van der Waals surface area contributed by atoms with Crippen LogP contribution in [-0.4, -0.2) is 28.4 Å². The van der Waals surface area contributed by atoms with Crippen molar-refractivity contribution >= 4 is 42.1 Å². The van der Waals surface area contributed by atoms with E-state index in [4.69, 9.17) is 5.73 Å². The van der Waals surface area contributed by atoms with Crippen LogP contribution in [0, 0.1) is 6.92 Å². The van der Waals surface area contributed by atoms with Gasteiger partial charge in [0.15, 0.2) is 0 Å². The first-order valence-electron chi connectivity index (χ1n) is 4.76. The minimum atomic E-state index is -0.820. The van der Waals surface area contributed by atoms with Gasteiger partial charge in [-0.3, -0.25) is 4.79 Å². The molecule has 0 saturated carbocycles. The lowest BCUT2D eigenvalue weighted by Crippen LogP contribution is -2.49. The quantitative estimate of drug-likeness (QED) is 0.928. The lowest BCUT2D eigenvalue weighted by molar-refractivity contribution is -0.135. The van der Waals surface area contributed by atoms with E-state index in [1.54, 1.807) is 37.1 Å². The molecule has 0 aliphatic carbocycles. The van der Waals surface area contributed by atoms with Crippen LogP contribution in [-0.2, 0) is 11.3 Å². The fourth-order valence-corrected chi connectivity index (χ4v) is 1.89. The van der Waals surface area contributed by atoms with E-state index >= 15 is 0 Å². The lowest BCUT2D eigenvalue weighted by Gasteiger charge is -2.25. The molecule has 4 nitrogen and oxygen atoms in total. The molecule has 0 bridgehead atoms. The van der Waals surface area contributed by atoms with Gasteiger partial charge in [0.05, 0.1) is 22.8 Å². The van der Waals surface area contributed by atoms with E-state index in [0.717, 1.165) is 10.7 Å². The van der Waals surface area contributed by atoms with Gasteiger partial charge in [-0.05, 0) is 20.8 Å². The highest BCUT2D eigenvalue weighted by Gasteiger charge is 2.25. The predicted octanol–water partition coefficient (Wildman–Crippen LogP) is 1.99. The van der Waals surface area contributed by atoms with Crippen molar-refractivity contribution in [1.29, 1.82) is 0 Å². The molecule has 1 aromatic heterocycles. The third-order valence-electron chi connectivity index (χ3n) is 1.96. The standard InChI is InChI=1S/C10H17N3OS.2ClH/c1-7-12-8(6-15-7)5-13(4)9(14)10(2,3)11;;/h6H,5,11H2,1-4H3;2*1H. The summed E-state index contributed by atoms with van der Waals surface area (Å²) in [6.07, 6.45) is 0. The molecule has 0 saturated heterocycles. The summed E-state index contributed by atoms with van der Waals surface area (Å²) in [6, 6.07) is 0. The number of aromatic nitrogens is 1. The first-order valence-corrected chi connectivity index (χ1v) is 5.64. The molecule has 2 N–H and O–H groups in total. The van der Waals surface area contributed by atoms with E-state index in [1.807, 2.05) is 12.3 Å². The van der Waals surface area contributed by atoms with Crippen LogP contribution >= 0.6 is 36.2 Å². The Kier molecular flexibility index (Phi) is 8.00. The van der Waals surface area contributed by atoms with E-state index in [0.29, 0.717) is 6.54 Å². The van der Waals surface area contributed by atoms with E-state index in [1.165, 1.54) is 0 Å². The number of aryl methyl sites for hydroxylation is 1. The van der Waals surface area contributed by atoms with Gasteiger partial charge in [-0.2, -0.15) is 0 Å². The molecule has 17 heavy (non-hydrogen) atoms. The summed E-state index contributed by atoms with van der Waals surface area (Å²) in [5.41, 5.74) is 5.82. The summed E-state index contributed by atoms with van der Waals surface area (Å²) in [4.78, 5) is 17.7. The topological polar surface area (TPSA) is 59.2 Å². The fourth-order valence-electron chi connectivity index (χ4n) is 1.29. The van der Waals surface area contributed by atoms with E-state index in [-0.39, 0.29) is 30.7 Å². The molecule has 0 spiro atoms. The molecule has 0 radical (unpaired) electrons. The number of thiazole rings is 1. The van der Waals surface area contributed by atoms with Gasteiger partial charge in [0.2, 0.25) is 5.91 Å². The summed E-state index contributed by atoms with van der Waals surface area (Å²) < 4.78 is 0. The number of likely N-dealkylation sites (N-methyl/N-ethyl adjacent to an activating group) is 1. The number of rotatable bonds is 3. The van der Waals surface area contributed by atoms with Crippen molar-refractivity contribution in [2.24, 2.45) is 5.73 Å². The number of nitrogens with two attached hydrogens (primary N) is 1. The van der Waals surface area contributed by atoms with Crippen LogP contribution in [0.25, 0.3) is 0 Å². The fraction of sp³-hybridized carbons (Fsp3) is 0.600. The zero-order chi connectivity index (χ0) is 11.6. The van der Waals surface area contributed by atoms with Crippen LogP contribution in [0.1, 0.15) is 24.5 Å². The largest absolute Gasteiger partial charge is 0.338 e.